The number of aromatic nitrogens is 1. The third-order valence-corrected chi connectivity index (χ3v) is 2.89. The number of hydrogen-bond acceptors (Lipinski definition) is 4. The van der Waals surface area contributed by atoms with Crippen molar-refractivity contribution >= 4 is 21.7 Å². The molecule has 0 amide bonds. The average Bonchev–Trinajstić information content (AvgIpc) is 2.59. The Balaban J connectivity index is 2.36. The fourth-order valence-corrected chi connectivity index (χ4v) is 1.83. The topological polar surface area (TPSA) is 61.3 Å². The molecule has 2 aromatic rings. The Kier molecular flexibility index (Phi) is 3.38. The largest absolute Gasteiger partial charge is 0.491 e. The monoisotopic (exact) mass is 296 g/mol. The maximum absolute atomic E-state index is 5.61. The van der Waals surface area contributed by atoms with Crippen molar-refractivity contribution in [1.82, 2.24) is 5.16 Å². The number of nitrogens with zero attached hydrogens (tertiary/aromatic N) is 1. The lowest BCUT2D eigenvalue weighted by Gasteiger charge is -2.09. The predicted molar refractivity (Wildman–Crippen MR) is 69.8 cm³/mol. The van der Waals surface area contributed by atoms with E-state index in [0.717, 1.165) is 11.3 Å². The maximum Gasteiger partial charge on any atom is 0.183 e. The van der Waals surface area contributed by atoms with E-state index in [2.05, 4.69) is 21.1 Å². The Morgan fingerprint density at radius 2 is 2.18 bits per heavy atom. The summed E-state index contributed by atoms with van der Waals surface area (Å²) in [6.45, 7) is 3.96. The smallest absolute Gasteiger partial charge is 0.183 e. The van der Waals surface area contributed by atoms with Crippen LogP contribution in [0.4, 0.5) is 5.82 Å². The zero-order chi connectivity index (χ0) is 12.4. The van der Waals surface area contributed by atoms with Crippen molar-refractivity contribution in [3.05, 3.63) is 28.7 Å². The zero-order valence-corrected chi connectivity index (χ0v) is 11.2. The van der Waals surface area contributed by atoms with Gasteiger partial charge in [0.25, 0.3) is 0 Å². The molecule has 2 N–H and O–H groups in total. The van der Waals surface area contributed by atoms with Crippen molar-refractivity contribution in [3.63, 3.8) is 0 Å². The van der Waals surface area contributed by atoms with Gasteiger partial charge in [-0.05, 0) is 41.9 Å². The van der Waals surface area contributed by atoms with Crippen LogP contribution >= 0.6 is 15.9 Å². The molecule has 1 aromatic carbocycles. The van der Waals surface area contributed by atoms with Gasteiger partial charge in [0.2, 0.25) is 0 Å². The average molecular weight is 297 g/mol. The van der Waals surface area contributed by atoms with Crippen molar-refractivity contribution in [2.45, 2.75) is 20.0 Å². The van der Waals surface area contributed by atoms with E-state index >= 15 is 0 Å². The Labute approximate surface area is 108 Å². The predicted octanol–water partition coefficient (Wildman–Crippen LogP) is 3.47. The van der Waals surface area contributed by atoms with Crippen LogP contribution in [0.2, 0.25) is 0 Å². The second kappa shape index (κ2) is 4.79. The first-order valence-electron chi connectivity index (χ1n) is 5.25. The van der Waals surface area contributed by atoms with Crippen molar-refractivity contribution in [2.24, 2.45) is 0 Å². The van der Waals surface area contributed by atoms with Gasteiger partial charge in [-0.15, -0.1) is 0 Å². The number of ether oxygens (including phenoxy) is 1. The minimum atomic E-state index is 0.133. The highest BCUT2D eigenvalue weighted by atomic mass is 79.9. The van der Waals surface area contributed by atoms with Gasteiger partial charge in [-0.3, -0.25) is 0 Å². The number of anilines is 1. The molecule has 0 saturated heterocycles. The first-order valence-corrected chi connectivity index (χ1v) is 6.05. The first kappa shape index (κ1) is 12.0. The molecule has 0 bridgehead atoms. The summed E-state index contributed by atoms with van der Waals surface area (Å²) in [5, 5.41) is 3.70. The zero-order valence-electron chi connectivity index (χ0n) is 9.61. The molecule has 90 valence electrons. The summed E-state index contributed by atoms with van der Waals surface area (Å²) in [6, 6.07) is 7.61. The summed E-state index contributed by atoms with van der Waals surface area (Å²) in [7, 11) is 0. The molecule has 0 aliphatic rings. The second-order valence-corrected chi connectivity index (χ2v) is 4.70. The van der Waals surface area contributed by atoms with E-state index in [0.29, 0.717) is 16.1 Å². The van der Waals surface area contributed by atoms with Gasteiger partial charge in [0.1, 0.15) is 10.2 Å². The first-order chi connectivity index (χ1) is 8.08. The number of nitrogen functional groups attached to an aromatic ring is 1. The van der Waals surface area contributed by atoms with Crippen molar-refractivity contribution in [2.75, 3.05) is 5.73 Å². The summed E-state index contributed by atoms with van der Waals surface area (Å²) < 4.78 is 11.4. The molecule has 0 atom stereocenters. The van der Waals surface area contributed by atoms with Crippen LogP contribution in [0.1, 0.15) is 13.8 Å². The van der Waals surface area contributed by atoms with E-state index in [1.165, 1.54) is 0 Å². The van der Waals surface area contributed by atoms with Crippen LogP contribution in [0.25, 0.3) is 11.3 Å². The van der Waals surface area contributed by atoms with E-state index in [-0.39, 0.29) is 6.10 Å². The summed E-state index contributed by atoms with van der Waals surface area (Å²) in [5.41, 5.74) is 6.49. The molecule has 0 radical (unpaired) electrons. The number of hydrogen-bond donors (Lipinski definition) is 1. The summed E-state index contributed by atoms with van der Waals surface area (Å²) in [4.78, 5) is 0. The van der Waals surface area contributed by atoms with Crippen LogP contribution < -0.4 is 10.5 Å². The van der Waals surface area contributed by atoms with Gasteiger partial charge in [0, 0.05) is 5.56 Å². The molecule has 17 heavy (non-hydrogen) atoms. The lowest BCUT2D eigenvalue weighted by molar-refractivity contribution is 0.242. The molecule has 1 heterocycles. The molecule has 0 spiro atoms. The van der Waals surface area contributed by atoms with Crippen molar-refractivity contribution in [3.8, 4) is 17.1 Å². The van der Waals surface area contributed by atoms with Gasteiger partial charge < -0.3 is 15.0 Å². The van der Waals surface area contributed by atoms with Crippen LogP contribution in [-0.2, 0) is 0 Å². The fourth-order valence-electron chi connectivity index (χ4n) is 1.45. The van der Waals surface area contributed by atoms with E-state index in [4.69, 9.17) is 15.0 Å². The van der Waals surface area contributed by atoms with Crippen LogP contribution in [0.5, 0.6) is 5.75 Å². The number of nitrogens with two attached hydrogens (primary N) is 1. The molecule has 1 aromatic heterocycles. The third-order valence-electron chi connectivity index (χ3n) is 2.13. The van der Waals surface area contributed by atoms with Gasteiger partial charge in [-0.25, -0.2) is 0 Å². The molecule has 2 rings (SSSR count). The third kappa shape index (κ3) is 2.61. The fraction of sp³-hybridized carbons (Fsp3) is 0.250. The molecular formula is C12H13BrN2O2. The molecule has 0 saturated carbocycles. The minimum absolute atomic E-state index is 0.133. The Bertz CT molecular complexity index is 523. The molecule has 5 heteroatoms. The van der Waals surface area contributed by atoms with Crippen molar-refractivity contribution in [1.29, 1.82) is 0 Å². The standard InChI is InChI=1S/C12H13BrN2O2/c1-7(2)16-9-5-3-4-8(6-9)11-10(13)12(14)15-17-11/h3-7H,1-2H3,(H2,14,15). The van der Waals surface area contributed by atoms with Crippen LogP contribution in [0.15, 0.2) is 33.3 Å². The number of benzene rings is 1. The van der Waals surface area contributed by atoms with Gasteiger partial charge in [-0.1, -0.05) is 17.3 Å². The van der Waals surface area contributed by atoms with Gasteiger partial charge in [0.15, 0.2) is 11.6 Å². The minimum Gasteiger partial charge on any atom is -0.491 e. The Morgan fingerprint density at radius 3 is 2.76 bits per heavy atom. The normalized spacial score (nSPS) is 10.8. The van der Waals surface area contributed by atoms with Crippen LogP contribution in [0, 0.1) is 0 Å². The molecule has 0 aliphatic carbocycles. The molecular weight excluding hydrogens is 284 g/mol. The van der Waals surface area contributed by atoms with E-state index < -0.39 is 0 Å². The number of rotatable bonds is 3. The Morgan fingerprint density at radius 1 is 1.41 bits per heavy atom. The van der Waals surface area contributed by atoms with E-state index in [1.807, 2.05) is 38.1 Å². The summed E-state index contributed by atoms with van der Waals surface area (Å²) in [5.74, 6) is 1.74. The second-order valence-electron chi connectivity index (χ2n) is 3.91. The van der Waals surface area contributed by atoms with Crippen molar-refractivity contribution < 1.29 is 9.26 Å². The SMILES string of the molecule is CC(C)Oc1cccc(-c2onc(N)c2Br)c1. The summed E-state index contributed by atoms with van der Waals surface area (Å²) in [6.07, 6.45) is 0.133. The van der Waals surface area contributed by atoms with Crippen LogP contribution in [0.3, 0.4) is 0 Å². The van der Waals surface area contributed by atoms with E-state index in [9.17, 15) is 0 Å². The Hall–Kier alpha value is -1.49. The highest BCUT2D eigenvalue weighted by Crippen LogP contribution is 2.33. The van der Waals surface area contributed by atoms with Gasteiger partial charge in [-0.2, -0.15) is 0 Å². The molecule has 4 nitrogen and oxygen atoms in total. The maximum atomic E-state index is 5.61. The molecule has 0 unspecified atom stereocenters. The quantitative estimate of drug-likeness (QED) is 0.942. The number of halogens is 1. The summed E-state index contributed by atoms with van der Waals surface area (Å²) >= 11 is 3.34. The lowest BCUT2D eigenvalue weighted by Crippen LogP contribution is -2.05. The highest BCUT2D eigenvalue weighted by molar-refractivity contribution is 9.10. The lowest BCUT2D eigenvalue weighted by atomic mass is 10.1. The molecule has 0 aliphatic heterocycles. The highest BCUT2D eigenvalue weighted by Gasteiger charge is 2.13. The van der Waals surface area contributed by atoms with Gasteiger partial charge >= 0.3 is 0 Å². The van der Waals surface area contributed by atoms with Gasteiger partial charge in [0.05, 0.1) is 6.10 Å². The van der Waals surface area contributed by atoms with E-state index in [1.54, 1.807) is 0 Å². The molecule has 0 fully saturated rings. The van der Waals surface area contributed by atoms with Crippen LogP contribution in [-0.4, -0.2) is 11.3 Å².